The topological polar surface area (TPSA) is 28.2 Å². The highest BCUT2D eigenvalue weighted by molar-refractivity contribution is 9.10. The van der Waals surface area contributed by atoms with Crippen molar-refractivity contribution < 1.29 is 0 Å². The SMILES string of the molecule is CC(C)NCc1cc(Br)cnc1N1CCC(C)(C)CC1. The minimum Gasteiger partial charge on any atom is -0.356 e. The quantitative estimate of drug-likeness (QED) is 0.899. The number of pyridine rings is 1. The number of aromatic nitrogens is 1. The summed E-state index contributed by atoms with van der Waals surface area (Å²) in [6.45, 7) is 12.2. The average molecular weight is 340 g/mol. The second kappa shape index (κ2) is 6.44. The molecule has 0 aliphatic carbocycles. The molecule has 1 aliphatic heterocycles. The molecule has 0 radical (unpaired) electrons. The van der Waals surface area contributed by atoms with Gasteiger partial charge in [0.1, 0.15) is 5.82 Å². The van der Waals surface area contributed by atoms with Crippen molar-refractivity contribution in [3.8, 4) is 0 Å². The lowest BCUT2D eigenvalue weighted by Crippen LogP contribution is -2.38. The Morgan fingerprint density at radius 1 is 1.35 bits per heavy atom. The maximum Gasteiger partial charge on any atom is 0.133 e. The van der Waals surface area contributed by atoms with Crippen LogP contribution in [0, 0.1) is 5.41 Å². The largest absolute Gasteiger partial charge is 0.356 e. The summed E-state index contributed by atoms with van der Waals surface area (Å²) in [4.78, 5) is 7.11. The van der Waals surface area contributed by atoms with Crippen molar-refractivity contribution >= 4 is 21.7 Å². The number of hydrogen-bond acceptors (Lipinski definition) is 3. The van der Waals surface area contributed by atoms with Crippen LogP contribution in [0.5, 0.6) is 0 Å². The van der Waals surface area contributed by atoms with Crippen LogP contribution in [0.15, 0.2) is 16.7 Å². The maximum absolute atomic E-state index is 4.67. The van der Waals surface area contributed by atoms with Gasteiger partial charge in [0.15, 0.2) is 0 Å². The Balaban J connectivity index is 2.14. The average Bonchev–Trinajstić information content (AvgIpc) is 2.37. The van der Waals surface area contributed by atoms with E-state index in [9.17, 15) is 0 Å². The molecule has 1 aromatic heterocycles. The third-order valence-electron chi connectivity index (χ3n) is 4.03. The standard InChI is InChI=1S/C16H26BrN3/c1-12(2)18-10-13-9-14(17)11-19-15(13)20-7-5-16(3,4)6-8-20/h9,11-12,18H,5-8,10H2,1-4H3. The molecule has 1 fully saturated rings. The second-order valence-corrected chi connectivity index (χ2v) is 7.74. The van der Waals surface area contributed by atoms with Crippen LogP contribution >= 0.6 is 15.9 Å². The minimum atomic E-state index is 0.474. The lowest BCUT2D eigenvalue weighted by atomic mass is 9.82. The number of anilines is 1. The van der Waals surface area contributed by atoms with Gasteiger partial charge in [0.25, 0.3) is 0 Å². The molecule has 0 spiro atoms. The number of rotatable bonds is 4. The van der Waals surface area contributed by atoms with E-state index in [0.29, 0.717) is 11.5 Å². The highest BCUT2D eigenvalue weighted by Gasteiger charge is 2.27. The molecule has 2 rings (SSSR count). The van der Waals surface area contributed by atoms with E-state index in [2.05, 4.69) is 64.9 Å². The van der Waals surface area contributed by atoms with Gasteiger partial charge in [0.05, 0.1) is 0 Å². The zero-order chi connectivity index (χ0) is 14.8. The summed E-state index contributed by atoms with van der Waals surface area (Å²) in [6.07, 6.45) is 4.39. The van der Waals surface area contributed by atoms with Crippen molar-refractivity contribution in [1.82, 2.24) is 10.3 Å². The number of nitrogens with one attached hydrogen (secondary N) is 1. The van der Waals surface area contributed by atoms with E-state index in [1.165, 1.54) is 18.4 Å². The van der Waals surface area contributed by atoms with Gasteiger partial charge in [-0.25, -0.2) is 4.98 Å². The fraction of sp³-hybridized carbons (Fsp3) is 0.688. The molecule has 0 amide bonds. The van der Waals surface area contributed by atoms with Crippen molar-refractivity contribution in [1.29, 1.82) is 0 Å². The predicted octanol–water partition coefficient (Wildman–Crippen LogP) is 3.97. The molecule has 2 heterocycles. The van der Waals surface area contributed by atoms with E-state index in [0.717, 1.165) is 29.9 Å². The van der Waals surface area contributed by atoms with Gasteiger partial charge in [-0.15, -0.1) is 0 Å². The van der Waals surface area contributed by atoms with Crippen LogP contribution in [0.1, 0.15) is 46.1 Å². The van der Waals surface area contributed by atoms with Crippen LogP contribution in [-0.2, 0) is 6.54 Å². The Labute approximate surface area is 131 Å². The summed E-state index contributed by atoms with van der Waals surface area (Å²) in [5, 5.41) is 3.50. The minimum absolute atomic E-state index is 0.474. The molecule has 0 bridgehead atoms. The van der Waals surface area contributed by atoms with Crippen molar-refractivity contribution in [3.63, 3.8) is 0 Å². The second-order valence-electron chi connectivity index (χ2n) is 6.82. The Morgan fingerprint density at radius 2 is 2.00 bits per heavy atom. The van der Waals surface area contributed by atoms with Gasteiger partial charge >= 0.3 is 0 Å². The predicted molar refractivity (Wildman–Crippen MR) is 89.1 cm³/mol. The van der Waals surface area contributed by atoms with E-state index in [1.807, 2.05) is 6.20 Å². The first-order valence-corrected chi connectivity index (χ1v) is 8.29. The van der Waals surface area contributed by atoms with Gasteiger partial charge in [0, 0.05) is 41.9 Å². The Bertz CT molecular complexity index is 447. The monoisotopic (exact) mass is 339 g/mol. The zero-order valence-electron chi connectivity index (χ0n) is 13.0. The molecular weight excluding hydrogens is 314 g/mol. The van der Waals surface area contributed by atoms with Crippen molar-refractivity contribution in [2.75, 3.05) is 18.0 Å². The first-order valence-electron chi connectivity index (χ1n) is 7.50. The van der Waals surface area contributed by atoms with Gasteiger partial charge < -0.3 is 10.2 Å². The van der Waals surface area contributed by atoms with Crippen molar-refractivity contribution in [2.24, 2.45) is 5.41 Å². The summed E-state index contributed by atoms with van der Waals surface area (Å²) >= 11 is 3.54. The number of piperidine rings is 1. The fourth-order valence-electron chi connectivity index (χ4n) is 2.53. The highest BCUT2D eigenvalue weighted by atomic mass is 79.9. The van der Waals surface area contributed by atoms with Crippen molar-refractivity contribution in [3.05, 3.63) is 22.3 Å². The summed E-state index contributed by atoms with van der Waals surface area (Å²) in [5.74, 6) is 1.15. The van der Waals surface area contributed by atoms with Crippen LogP contribution in [0.25, 0.3) is 0 Å². The zero-order valence-corrected chi connectivity index (χ0v) is 14.6. The first kappa shape index (κ1) is 15.8. The smallest absolute Gasteiger partial charge is 0.133 e. The van der Waals surface area contributed by atoms with Gasteiger partial charge in [-0.3, -0.25) is 0 Å². The molecule has 20 heavy (non-hydrogen) atoms. The third-order valence-corrected chi connectivity index (χ3v) is 4.46. The number of hydrogen-bond donors (Lipinski definition) is 1. The van der Waals surface area contributed by atoms with Gasteiger partial charge in [-0.1, -0.05) is 27.7 Å². The van der Waals surface area contributed by atoms with Crippen molar-refractivity contribution in [2.45, 2.75) is 53.1 Å². The molecule has 1 saturated heterocycles. The van der Waals surface area contributed by atoms with Crippen LogP contribution in [-0.4, -0.2) is 24.1 Å². The third kappa shape index (κ3) is 4.19. The summed E-state index contributed by atoms with van der Waals surface area (Å²) in [7, 11) is 0. The Morgan fingerprint density at radius 3 is 2.60 bits per heavy atom. The van der Waals surface area contributed by atoms with Crippen LogP contribution in [0.3, 0.4) is 0 Å². The van der Waals surface area contributed by atoms with Crippen LogP contribution in [0.2, 0.25) is 0 Å². The molecule has 1 aliphatic rings. The first-order chi connectivity index (χ1) is 9.37. The summed E-state index contributed by atoms with van der Waals surface area (Å²) in [6, 6.07) is 2.68. The molecule has 3 nitrogen and oxygen atoms in total. The fourth-order valence-corrected chi connectivity index (χ4v) is 2.91. The number of nitrogens with zero attached hydrogens (tertiary/aromatic N) is 2. The molecule has 0 saturated carbocycles. The van der Waals surface area contributed by atoms with E-state index < -0.39 is 0 Å². The molecule has 0 unspecified atom stereocenters. The van der Waals surface area contributed by atoms with Gasteiger partial charge in [0.2, 0.25) is 0 Å². The Kier molecular flexibility index (Phi) is 5.08. The lowest BCUT2D eigenvalue weighted by molar-refractivity contribution is 0.279. The molecular formula is C16H26BrN3. The lowest BCUT2D eigenvalue weighted by Gasteiger charge is -2.38. The normalized spacial score (nSPS) is 18.6. The van der Waals surface area contributed by atoms with Crippen LogP contribution in [0.4, 0.5) is 5.82 Å². The number of halogens is 1. The molecule has 112 valence electrons. The molecule has 1 aromatic rings. The highest BCUT2D eigenvalue weighted by Crippen LogP contribution is 2.33. The Hall–Kier alpha value is -0.610. The van der Waals surface area contributed by atoms with Gasteiger partial charge in [-0.2, -0.15) is 0 Å². The van der Waals surface area contributed by atoms with E-state index in [4.69, 9.17) is 0 Å². The van der Waals surface area contributed by atoms with E-state index in [-0.39, 0.29) is 0 Å². The maximum atomic E-state index is 4.67. The summed E-state index contributed by atoms with van der Waals surface area (Å²) in [5.41, 5.74) is 1.76. The molecule has 0 atom stereocenters. The van der Waals surface area contributed by atoms with Gasteiger partial charge in [-0.05, 0) is 40.3 Å². The van der Waals surface area contributed by atoms with E-state index >= 15 is 0 Å². The summed E-state index contributed by atoms with van der Waals surface area (Å²) < 4.78 is 1.05. The molecule has 1 N–H and O–H groups in total. The van der Waals surface area contributed by atoms with E-state index in [1.54, 1.807) is 0 Å². The molecule has 4 heteroatoms. The van der Waals surface area contributed by atoms with Crippen LogP contribution < -0.4 is 10.2 Å². The molecule has 0 aromatic carbocycles.